The Labute approximate surface area is 125 Å². The standard InChI is InChI=1S/C16H25F3N2/c1-4-10-21(12-16(17,18)19)11-9-15(20-3)14-8-6-5-7-13(14)2/h5-8,15,20H,4,9-12H2,1-3H3. The Balaban J connectivity index is 2.66. The van der Waals surface area contributed by atoms with Crippen LogP contribution in [-0.2, 0) is 0 Å². The smallest absolute Gasteiger partial charge is 0.313 e. The lowest BCUT2D eigenvalue weighted by atomic mass is 9.98. The molecule has 0 saturated carbocycles. The topological polar surface area (TPSA) is 15.3 Å². The van der Waals surface area contributed by atoms with Crippen molar-refractivity contribution in [3.05, 3.63) is 35.4 Å². The van der Waals surface area contributed by atoms with E-state index in [1.54, 1.807) is 0 Å². The molecule has 0 amide bonds. The molecule has 0 aromatic heterocycles. The predicted molar refractivity (Wildman–Crippen MR) is 80.4 cm³/mol. The van der Waals surface area contributed by atoms with Crippen molar-refractivity contribution in [2.24, 2.45) is 0 Å². The Hall–Kier alpha value is -1.07. The van der Waals surface area contributed by atoms with Crippen LogP contribution in [0.5, 0.6) is 0 Å². The third-order valence-electron chi connectivity index (χ3n) is 3.59. The van der Waals surface area contributed by atoms with Crippen LogP contribution in [0.25, 0.3) is 0 Å². The Morgan fingerprint density at radius 2 is 1.86 bits per heavy atom. The van der Waals surface area contributed by atoms with Gasteiger partial charge in [0.05, 0.1) is 6.54 Å². The summed E-state index contributed by atoms with van der Waals surface area (Å²) in [6.07, 6.45) is -2.74. The quantitative estimate of drug-likeness (QED) is 0.783. The van der Waals surface area contributed by atoms with Gasteiger partial charge in [0.25, 0.3) is 0 Å². The fourth-order valence-corrected chi connectivity index (χ4v) is 2.58. The number of halogens is 3. The molecule has 1 rings (SSSR count). The average molecular weight is 302 g/mol. The molecule has 0 heterocycles. The van der Waals surface area contributed by atoms with Crippen molar-refractivity contribution in [2.75, 3.05) is 26.7 Å². The molecule has 1 atom stereocenters. The van der Waals surface area contributed by atoms with Gasteiger partial charge < -0.3 is 5.32 Å². The number of aryl methyl sites for hydroxylation is 1. The molecule has 0 saturated heterocycles. The van der Waals surface area contributed by atoms with E-state index < -0.39 is 12.7 Å². The van der Waals surface area contributed by atoms with Crippen LogP contribution >= 0.6 is 0 Å². The zero-order valence-electron chi connectivity index (χ0n) is 13.0. The summed E-state index contributed by atoms with van der Waals surface area (Å²) in [5.74, 6) is 0. The molecule has 1 aromatic rings. The number of nitrogens with one attached hydrogen (secondary N) is 1. The first-order chi connectivity index (χ1) is 9.87. The van der Waals surface area contributed by atoms with Crippen molar-refractivity contribution in [2.45, 2.75) is 38.9 Å². The Bertz CT molecular complexity index is 418. The highest BCUT2D eigenvalue weighted by atomic mass is 19.4. The van der Waals surface area contributed by atoms with Crippen molar-refractivity contribution >= 4 is 0 Å². The fraction of sp³-hybridized carbons (Fsp3) is 0.625. The van der Waals surface area contributed by atoms with E-state index in [2.05, 4.69) is 5.32 Å². The second kappa shape index (κ2) is 8.39. The van der Waals surface area contributed by atoms with Crippen LogP contribution in [0.4, 0.5) is 13.2 Å². The van der Waals surface area contributed by atoms with Crippen molar-refractivity contribution in [3.63, 3.8) is 0 Å². The molecule has 1 aromatic carbocycles. The molecule has 21 heavy (non-hydrogen) atoms. The Morgan fingerprint density at radius 1 is 1.19 bits per heavy atom. The van der Waals surface area contributed by atoms with E-state index in [0.29, 0.717) is 19.5 Å². The summed E-state index contributed by atoms with van der Waals surface area (Å²) >= 11 is 0. The maximum atomic E-state index is 12.6. The van der Waals surface area contributed by atoms with Crippen LogP contribution in [0.2, 0.25) is 0 Å². The first kappa shape index (κ1) is 18.0. The molecule has 120 valence electrons. The molecule has 0 bridgehead atoms. The molecule has 0 aliphatic heterocycles. The minimum absolute atomic E-state index is 0.0822. The molecule has 0 aliphatic carbocycles. The second-order valence-corrected chi connectivity index (χ2v) is 5.38. The maximum absolute atomic E-state index is 12.6. The lowest BCUT2D eigenvalue weighted by Gasteiger charge is -2.26. The highest BCUT2D eigenvalue weighted by Crippen LogP contribution is 2.22. The highest BCUT2D eigenvalue weighted by Gasteiger charge is 2.30. The SMILES string of the molecule is CCCN(CCC(NC)c1ccccc1C)CC(F)(F)F. The zero-order valence-corrected chi connectivity index (χ0v) is 13.0. The summed E-state index contributed by atoms with van der Waals surface area (Å²) in [7, 11) is 1.85. The van der Waals surface area contributed by atoms with Crippen LogP contribution in [0.15, 0.2) is 24.3 Å². The number of hydrogen-bond donors (Lipinski definition) is 1. The molecular weight excluding hydrogens is 277 g/mol. The van der Waals surface area contributed by atoms with Crippen molar-refractivity contribution in [3.8, 4) is 0 Å². The van der Waals surface area contributed by atoms with E-state index in [1.807, 2.05) is 45.2 Å². The number of rotatable bonds is 8. The Morgan fingerprint density at radius 3 is 2.38 bits per heavy atom. The van der Waals surface area contributed by atoms with E-state index in [9.17, 15) is 13.2 Å². The van der Waals surface area contributed by atoms with Gasteiger partial charge in [-0.3, -0.25) is 4.90 Å². The zero-order chi connectivity index (χ0) is 15.9. The lowest BCUT2D eigenvalue weighted by molar-refractivity contribution is -0.146. The van der Waals surface area contributed by atoms with Crippen LogP contribution in [0.3, 0.4) is 0 Å². The minimum Gasteiger partial charge on any atom is -0.313 e. The van der Waals surface area contributed by atoms with E-state index in [4.69, 9.17) is 0 Å². The van der Waals surface area contributed by atoms with Gasteiger partial charge in [-0.05, 0) is 44.5 Å². The van der Waals surface area contributed by atoms with Crippen LogP contribution in [0.1, 0.15) is 36.9 Å². The molecule has 5 heteroatoms. The van der Waals surface area contributed by atoms with Gasteiger partial charge in [-0.1, -0.05) is 31.2 Å². The third kappa shape index (κ3) is 6.48. The number of nitrogens with zero attached hydrogens (tertiary/aromatic N) is 1. The first-order valence-corrected chi connectivity index (χ1v) is 7.39. The molecule has 0 aliphatic rings. The van der Waals surface area contributed by atoms with E-state index in [1.165, 1.54) is 4.90 Å². The summed E-state index contributed by atoms with van der Waals surface area (Å²) in [5, 5.41) is 3.21. The molecule has 2 nitrogen and oxygen atoms in total. The van der Waals surface area contributed by atoms with Gasteiger partial charge in [0.15, 0.2) is 0 Å². The Kier molecular flexibility index (Phi) is 7.18. The molecule has 1 N–H and O–H groups in total. The monoisotopic (exact) mass is 302 g/mol. The van der Waals surface area contributed by atoms with Gasteiger partial charge in [0.1, 0.15) is 0 Å². The molecule has 0 radical (unpaired) electrons. The average Bonchev–Trinajstić information content (AvgIpc) is 2.39. The highest BCUT2D eigenvalue weighted by molar-refractivity contribution is 5.28. The number of alkyl halides is 3. The van der Waals surface area contributed by atoms with E-state index in [0.717, 1.165) is 17.5 Å². The van der Waals surface area contributed by atoms with Gasteiger partial charge in [0, 0.05) is 12.6 Å². The normalized spacial score (nSPS) is 13.7. The van der Waals surface area contributed by atoms with Crippen molar-refractivity contribution in [1.82, 2.24) is 10.2 Å². The first-order valence-electron chi connectivity index (χ1n) is 7.39. The number of benzene rings is 1. The van der Waals surface area contributed by atoms with E-state index >= 15 is 0 Å². The second-order valence-electron chi connectivity index (χ2n) is 5.38. The lowest BCUT2D eigenvalue weighted by Crippen LogP contribution is -2.37. The van der Waals surface area contributed by atoms with Crippen molar-refractivity contribution < 1.29 is 13.2 Å². The fourth-order valence-electron chi connectivity index (χ4n) is 2.58. The van der Waals surface area contributed by atoms with Gasteiger partial charge in [-0.15, -0.1) is 0 Å². The summed E-state index contributed by atoms with van der Waals surface area (Å²) < 4.78 is 37.7. The van der Waals surface area contributed by atoms with Crippen LogP contribution in [-0.4, -0.2) is 37.8 Å². The predicted octanol–water partition coefficient (Wildman–Crippen LogP) is 3.92. The van der Waals surface area contributed by atoms with Gasteiger partial charge >= 0.3 is 6.18 Å². The molecule has 0 spiro atoms. The maximum Gasteiger partial charge on any atom is 0.401 e. The van der Waals surface area contributed by atoms with Gasteiger partial charge in [-0.2, -0.15) is 13.2 Å². The van der Waals surface area contributed by atoms with E-state index in [-0.39, 0.29) is 6.04 Å². The largest absolute Gasteiger partial charge is 0.401 e. The van der Waals surface area contributed by atoms with Gasteiger partial charge in [0.2, 0.25) is 0 Å². The van der Waals surface area contributed by atoms with Crippen molar-refractivity contribution in [1.29, 1.82) is 0 Å². The summed E-state index contributed by atoms with van der Waals surface area (Å²) in [5.41, 5.74) is 2.32. The van der Waals surface area contributed by atoms with Gasteiger partial charge in [-0.25, -0.2) is 0 Å². The molecule has 1 unspecified atom stereocenters. The third-order valence-corrected chi connectivity index (χ3v) is 3.59. The minimum atomic E-state index is -4.13. The summed E-state index contributed by atoms with van der Waals surface area (Å²) in [6, 6.07) is 8.08. The van der Waals surface area contributed by atoms with Crippen LogP contribution in [0, 0.1) is 6.92 Å². The summed E-state index contributed by atoms with van der Waals surface area (Å²) in [4.78, 5) is 1.49. The summed E-state index contributed by atoms with van der Waals surface area (Å²) in [6.45, 7) is 4.02. The molecule has 0 fully saturated rings. The molecular formula is C16H25F3N2. The number of hydrogen-bond acceptors (Lipinski definition) is 2. The van der Waals surface area contributed by atoms with Crippen LogP contribution < -0.4 is 5.32 Å².